The van der Waals surface area contributed by atoms with Crippen LogP contribution in [0.4, 0.5) is 24.5 Å². The number of hydrogen-bond acceptors (Lipinski definition) is 5. The molecule has 2 aliphatic rings. The summed E-state index contributed by atoms with van der Waals surface area (Å²) >= 11 is 0. The fourth-order valence-corrected chi connectivity index (χ4v) is 4.57. The highest BCUT2D eigenvalue weighted by Crippen LogP contribution is 2.32. The van der Waals surface area contributed by atoms with Crippen molar-refractivity contribution in [2.75, 3.05) is 56.0 Å². The number of rotatable bonds is 6. The first-order valence-electron chi connectivity index (χ1n) is 12.2. The predicted molar refractivity (Wildman–Crippen MR) is 133 cm³/mol. The molecular formula is C26H30F3N5O3. The van der Waals surface area contributed by atoms with Gasteiger partial charge in [0.15, 0.2) is 0 Å². The summed E-state index contributed by atoms with van der Waals surface area (Å²) in [5, 5.41) is 5.49. The molecule has 0 spiro atoms. The zero-order valence-electron chi connectivity index (χ0n) is 20.6. The number of anilines is 2. The minimum Gasteiger partial charge on any atom is -0.369 e. The minimum atomic E-state index is -4.40. The van der Waals surface area contributed by atoms with E-state index in [0.29, 0.717) is 50.6 Å². The van der Waals surface area contributed by atoms with Crippen LogP contribution in [0, 0.1) is 6.92 Å². The molecule has 2 aliphatic heterocycles. The molecule has 0 aliphatic carbocycles. The highest BCUT2D eigenvalue weighted by atomic mass is 19.4. The standard InChI is InChI=1S/C26H30F3N5O3/c1-18-5-7-20(8-6-18)31-23(35)16-22-25(37)30-9-10-34(22)24(36)17-32-11-13-33(14-12-32)21-4-2-3-19(15-21)26(27,28)29/h2-8,15,22H,9-14,16-17H2,1H3,(H,30,37)(H,31,35)/t22-/m0/s1. The lowest BCUT2D eigenvalue weighted by molar-refractivity contribution is -0.145. The van der Waals surface area contributed by atoms with Gasteiger partial charge < -0.3 is 20.4 Å². The highest BCUT2D eigenvalue weighted by molar-refractivity contribution is 5.97. The van der Waals surface area contributed by atoms with Gasteiger partial charge in [0.05, 0.1) is 18.5 Å². The molecule has 2 aromatic carbocycles. The third-order valence-corrected chi connectivity index (χ3v) is 6.64. The Morgan fingerprint density at radius 1 is 1.03 bits per heavy atom. The SMILES string of the molecule is Cc1ccc(NC(=O)C[C@H]2C(=O)NCCN2C(=O)CN2CCN(c3cccc(C(F)(F)F)c3)CC2)cc1. The molecule has 2 aromatic rings. The Bertz CT molecular complexity index is 1130. The highest BCUT2D eigenvalue weighted by Gasteiger charge is 2.36. The second-order valence-electron chi connectivity index (χ2n) is 9.32. The zero-order chi connectivity index (χ0) is 26.6. The first-order valence-corrected chi connectivity index (χ1v) is 12.2. The number of alkyl halides is 3. The van der Waals surface area contributed by atoms with Crippen LogP contribution in [0.5, 0.6) is 0 Å². The van der Waals surface area contributed by atoms with Crippen LogP contribution in [0.1, 0.15) is 17.5 Å². The van der Waals surface area contributed by atoms with Gasteiger partial charge in [0.1, 0.15) is 6.04 Å². The van der Waals surface area contributed by atoms with Crippen LogP contribution in [0.2, 0.25) is 0 Å². The monoisotopic (exact) mass is 517 g/mol. The molecule has 198 valence electrons. The van der Waals surface area contributed by atoms with E-state index >= 15 is 0 Å². The maximum atomic E-state index is 13.1. The van der Waals surface area contributed by atoms with Gasteiger partial charge in [-0.2, -0.15) is 13.2 Å². The van der Waals surface area contributed by atoms with Crippen molar-refractivity contribution < 1.29 is 27.6 Å². The summed E-state index contributed by atoms with van der Waals surface area (Å²) in [6.07, 6.45) is -4.56. The van der Waals surface area contributed by atoms with Crippen LogP contribution in [-0.2, 0) is 20.6 Å². The van der Waals surface area contributed by atoms with E-state index in [4.69, 9.17) is 0 Å². The lowest BCUT2D eigenvalue weighted by Gasteiger charge is -2.39. The molecule has 2 N–H and O–H groups in total. The number of amides is 3. The molecule has 0 saturated carbocycles. The van der Waals surface area contributed by atoms with Crippen molar-refractivity contribution in [2.45, 2.75) is 25.6 Å². The summed E-state index contributed by atoms with van der Waals surface area (Å²) < 4.78 is 39.2. The van der Waals surface area contributed by atoms with Gasteiger partial charge in [-0.1, -0.05) is 23.8 Å². The van der Waals surface area contributed by atoms with Crippen molar-refractivity contribution in [1.29, 1.82) is 0 Å². The predicted octanol–water partition coefficient (Wildman–Crippen LogP) is 2.49. The van der Waals surface area contributed by atoms with E-state index in [0.717, 1.165) is 17.7 Å². The average molecular weight is 518 g/mol. The number of hydrogen-bond donors (Lipinski definition) is 2. The van der Waals surface area contributed by atoms with E-state index in [1.54, 1.807) is 18.2 Å². The van der Waals surface area contributed by atoms with E-state index < -0.39 is 17.8 Å². The van der Waals surface area contributed by atoms with Crippen LogP contribution < -0.4 is 15.5 Å². The Labute approximate surface area is 213 Å². The molecule has 2 fully saturated rings. The summed E-state index contributed by atoms with van der Waals surface area (Å²) in [4.78, 5) is 43.5. The van der Waals surface area contributed by atoms with Crippen molar-refractivity contribution >= 4 is 29.1 Å². The summed E-state index contributed by atoms with van der Waals surface area (Å²) in [5.41, 5.74) is 1.47. The molecule has 0 bridgehead atoms. The molecule has 1 atom stereocenters. The van der Waals surface area contributed by atoms with Crippen LogP contribution in [0.15, 0.2) is 48.5 Å². The topological polar surface area (TPSA) is 85.0 Å². The number of nitrogens with one attached hydrogen (secondary N) is 2. The van der Waals surface area contributed by atoms with Gasteiger partial charge in [-0.05, 0) is 37.3 Å². The van der Waals surface area contributed by atoms with Crippen molar-refractivity contribution in [2.24, 2.45) is 0 Å². The lowest BCUT2D eigenvalue weighted by Crippen LogP contribution is -2.60. The summed E-state index contributed by atoms with van der Waals surface area (Å²) in [6.45, 7) is 4.53. The number of benzene rings is 2. The molecule has 0 aromatic heterocycles. The number of halogens is 3. The molecule has 11 heteroatoms. The van der Waals surface area contributed by atoms with Gasteiger partial charge in [0, 0.05) is 50.6 Å². The molecule has 2 heterocycles. The molecule has 4 rings (SSSR count). The van der Waals surface area contributed by atoms with E-state index in [1.165, 1.54) is 11.0 Å². The van der Waals surface area contributed by atoms with E-state index in [9.17, 15) is 27.6 Å². The van der Waals surface area contributed by atoms with E-state index in [1.807, 2.05) is 28.9 Å². The first kappa shape index (κ1) is 26.5. The van der Waals surface area contributed by atoms with E-state index in [2.05, 4.69) is 10.6 Å². The number of nitrogens with zero attached hydrogens (tertiary/aromatic N) is 3. The quantitative estimate of drug-likeness (QED) is 0.615. The first-order chi connectivity index (χ1) is 17.6. The van der Waals surface area contributed by atoms with Crippen molar-refractivity contribution in [3.63, 3.8) is 0 Å². The largest absolute Gasteiger partial charge is 0.416 e. The summed E-state index contributed by atoms with van der Waals surface area (Å²) in [6, 6.07) is 11.6. The number of carbonyl (C=O) groups is 3. The Balaban J connectivity index is 1.32. The second-order valence-corrected chi connectivity index (χ2v) is 9.32. The van der Waals surface area contributed by atoms with Crippen LogP contribution in [0.3, 0.4) is 0 Å². The Hall–Kier alpha value is -3.60. The average Bonchev–Trinajstić information content (AvgIpc) is 2.86. The van der Waals surface area contributed by atoms with Gasteiger partial charge in [-0.15, -0.1) is 0 Å². The lowest BCUT2D eigenvalue weighted by atomic mass is 10.1. The Kier molecular flexibility index (Phi) is 8.01. The van der Waals surface area contributed by atoms with Crippen LogP contribution >= 0.6 is 0 Å². The molecule has 0 unspecified atom stereocenters. The molecule has 2 saturated heterocycles. The normalized spacial score (nSPS) is 18.9. The second kappa shape index (κ2) is 11.2. The third-order valence-electron chi connectivity index (χ3n) is 6.64. The molecule has 8 nitrogen and oxygen atoms in total. The molecule has 3 amide bonds. The van der Waals surface area contributed by atoms with Gasteiger partial charge in [0.25, 0.3) is 0 Å². The number of piperazine rings is 2. The number of carbonyl (C=O) groups excluding carboxylic acids is 3. The smallest absolute Gasteiger partial charge is 0.369 e. The fourth-order valence-electron chi connectivity index (χ4n) is 4.57. The van der Waals surface area contributed by atoms with Crippen molar-refractivity contribution in [3.8, 4) is 0 Å². The minimum absolute atomic E-state index is 0.0692. The summed E-state index contributed by atoms with van der Waals surface area (Å²) in [7, 11) is 0. The number of aryl methyl sites for hydroxylation is 1. The van der Waals surface area contributed by atoms with Crippen LogP contribution in [-0.4, -0.2) is 79.4 Å². The maximum absolute atomic E-state index is 13.1. The summed E-state index contributed by atoms with van der Waals surface area (Å²) in [5.74, 6) is -0.984. The van der Waals surface area contributed by atoms with Crippen molar-refractivity contribution in [1.82, 2.24) is 15.1 Å². The van der Waals surface area contributed by atoms with Gasteiger partial charge in [-0.3, -0.25) is 19.3 Å². The van der Waals surface area contributed by atoms with Gasteiger partial charge >= 0.3 is 6.18 Å². The molecular weight excluding hydrogens is 487 g/mol. The van der Waals surface area contributed by atoms with Gasteiger partial charge in [-0.25, -0.2) is 0 Å². The maximum Gasteiger partial charge on any atom is 0.416 e. The van der Waals surface area contributed by atoms with Gasteiger partial charge in [0.2, 0.25) is 17.7 Å². The molecule has 0 radical (unpaired) electrons. The van der Waals surface area contributed by atoms with Crippen molar-refractivity contribution in [3.05, 3.63) is 59.7 Å². The molecule has 37 heavy (non-hydrogen) atoms. The fraction of sp³-hybridized carbons (Fsp3) is 0.423. The van der Waals surface area contributed by atoms with E-state index in [-0.39, 0.29) is 30.7 Å². The zero-order valence-corrected chi connectivity index (χ0v) is 20.6. The third kappa shape index (κ3) is 6.79. The van der Waals surface area contributed by atoms with Crippen LogP contribution in [0.25, 0.3) is 0 Å². The Morgan fingerprint density at radius 2 is 1.73 bits per heavy atom. The Morgan fingerprint density at radius 3 is 2.41 bits per heavy atom.